The van der Waals surface area contributed by atoms with Crippen LogP contribution in [0.25, 0.3) is 0 Å². The van der Waals surface area contributed by atoms with Crippen molar-refractivity contribution in [1.29, 1.82) is 0 Å². The molecular formula is C16H24N4S. The Bertz CT molecular complexity index is 617. The average molecular weight is 304 g/mol. The molecule has 0 amide bonds. The van der Waals surface area contributed by atoms with E-state index in [2.05, 4.69) is 42.7 Å². The number of aromatic nitrogens is 3. The van der Waals surface area contributed by atoms with E-state index in [9.17, 15) is 0 Å². The first-order valence-electron chi connectivity index (χ1n) is 7.73. The summed E-state index contributed by atoms with van der Waals surface area (Å²) in [5.41, 5.74) is 4.99. The van der Waals surface area contributed by atoms with Gasteiger partial charge in [-0.15, -0.1) is 11.3 Å². The van der Waals surface area contributed by atoms with E-state index in [0.29, 0.717) is 0 Å². The van der Waals surface area contributed by atoms with Gasteiger partial charge in [-0.1, -0.05) is 0 Å². The summed E-state index contributed by atoms with van der Waals surface area (Å²) in [6, 6.07) is 0.780. The molecule has 0 saturated heterocycles. The summed E-state index contributed by atoms with van der Waals surface area (Å²) in [7, 11) is 0. The van der Waals surface area contributed by atoms with Gasteiger partial charge in [-0.05, 0) is 59.1 Å². The van der Waals surface area contributed by atoms with Gasteiger partial charge >= 0.3 is 0 Å². The minimum absolute atomic E-state index is 0.780. The molecule has 4 nitrogen and oxygen atoms in total. The molecule has 2 aromatic rings. The Hall–Kier alpha value is -1.20. The van der Waals surface area contributed by atoms with Crippen LogP contribution < -0.4 is 5.32 Å². The first-order chi connectivity index (χ1) is 10.0. The molecule has 0 aliphatic heterocycles. The number of hydrogen-bond acceptors (Lipinski definition) is 4. The van der Waals surface area contributed by atoms with Gasteiger partial charge in [0.25, 0.3) is 0 Å². The Morgan fingerprint density at radius 2 is 1.95 bits per heavy atom. The third kappa shape index (κ3) is 3.35. The number of aryl methyl sites for hydroxylation is 3. The third-order valence-corrected chi connectivity index (χ3v) is 5.33. The van der Waals surface area contributed by atoms with Crippen molar-refractivity contribution in [1.82, 2.24) is 20.1 Å². The summed E-state index contributed by atoms with van der Waals surface area (Å²) in [6.07, 6.45) is 3.77. The molecule has 0 radical (unpaired) electrons. The molecule has 5 heteroatoms. The molecule has 1 saturated carbocycles. The van der Waals surface area contributed by atoms with Crippen LogP contribution in [0.15, 0.2) is 0 Å². The molecule has 0 aromatic carbocycles. The summed E-state index contributed by atoms with van der Waals surface area (Å²) in [6.45, 7) is 10.4. The van der Waals surface area contributed by atoms with Crippen molar-refractivity contribution in [2.45, 2.75) is 59.5 Å². The maximum absolute atomic E-state index is 4.71. The summed E-state index contributed by atoms with van der Waals surface area (Å²) >= 11 is 1.78. The van der Waals surface area contributed by atoms with Crippen molar-refractivity contribution in [3.63, 3.8) is 0 Å². The van der Waals surface area contributed by atoms with Gasteiger partial charge in [0.15, 0.2) is 0 Å². The number of hydrogen-bond donors (Lipinski definition) is 1. The highest BCUT2D eigenvalue weighted by atomic mass is 32.1. The fourth-order valence-electron chi connectivity index (χ4n) is 2.67. The third-order valence-electron chi connectivity index (χ3n) is 4.27. The Labute approximate surface area is 130 Å². The maximum Gasteiger partial charge on any atom is 0.115 e. The van der Waals surface area contributed by atoms with E-state index in [1.54, 1.807) is 11.3 Å². The number of nitrogens with zero attached hydrogens (tertiary/aromatic N) is 3. The second-order valence-electron chi connectivity index (χ2n) is 6.03. The maximum atomic E-state index is 4.71. The Kier molecular flexibility index (Phi) is 4.13. The van der Waals surface area contributed by atoms with Crippen molar-refractivity contribution < 1.29 is 0 Å². The van der Waals surface area contributed by atoms with Crippen LogP contribution in [0, 0.1) is 27.7 Å². The van der Waals surface area contributed by atoms with Crippen molar-refractivity contribution in [2.24, 2.45) is 0 Å². The number of rotatable bonds is 6. The van der Waals surface area contributed by atoms with Gasteiger partial charge in [0.2, 0.25) is 0 Å². The lowest BCUT2D eigenvalue weighted by Gasteiger charge is -2.05. The van der Waals surface area contributed by atoms with Crippen molar-refractivity contribution >= 4 is 11.3 Å². The molecule has 0 atom stereocenters. The first-order valence-corrected chi connectivity index (χ1v) is 8.55. The zero-order valence-electron chi connectivity index (χ0n) is 13.4. The molecule has 2 aromatic heterocycles. The van der Waals surface area contributed by atoms with Gasteiger partial charge in [0.1, 0.15) is 5.01 Å². The Morgan fingerprint density at radius 3 is 2.57 bits per heavy atom. The lowest BCUT2D eigenvalue weighted by molar-refractivity contribution is 0.651. The summed E-state index contributed by atoms with van der Waals surface area (Å²) in [5.74, 6) is 0. The topological polar surface area (TPSA) is 42.7 Å². The average Bonchev–Trinajstić information content (AvgIpc) is 3.15. The van der Waals surface area contributed by atoms with Crippen LogP contribution in [0.1, 0.15) is 45.4 Å². The molecule has 0 unspecified atom stereocenters. The van der Waals surface area contributed by atoms with Gasteiger partial charge in [-0.2, -0.15) is 5.10 Å². The predicted octanol–water partition coefficient (Wildman–Crippen LogP) is 2.92. The van der Waals surface area contributed by atoms with Crippen LogP contribution in [-0.2, 0) is 13.0 Å². The zero-order chi connectivity index (χ0) is 15.0. The van der Waals surface area contributed by atoms with Gasteiger partial charge < -0.3 is 5.32 Å². The monoisotopic (exact) mass is 304 g/mol. The minimum atomic E-state index is 0.780. The van der Waals surface area contributed by atoms with E-state index >= 15 is 0 Å². The minimum Gasteiger partial charge on any atom is -0.314 e. The summed E-state index contributed by atoms with van der Waals surface area (Å²) in [4.78, 5) is 5.93. The van der Waals surface area contributed by atoms with E-state index in [0.717, 1.165) is 41.9 Å². The largest absolute Gasteiger partial charge is 0.314 e. The van der Waals surface area contributed by atoms with Crippen molar-refractivity contribution in [3.8, 4) is 0 Å². The highest BCUT2D eigenvalue weighted by Crippen LogP contribution is 2.21. The standard InChI is InChI=1S/C16H24N4S/c1-10-13(4)21-16(18-10)9-20-12(3)15(11(2)19-20)7-8-17-14-5-6-14/h14,17H,5-9H2,1-4H3. The first kappa shape index (κ1) is 14.7. The van der Waals surface area contributed by atoms with E-state index in [4.69, 9.17) is 5.10 Å². The molecule has 1 aliphatic carbocycles. The molecule has 21 heavy (non-hydrogen) atoms. The fourth-order valence-corrected chi connectivity index (χ4v) is 3.59. The van der Waals surface area contributed by atoms with Crippen LogP contribution in [0.3, 0.4) is 0 Å². The van der Waals surface area contributed by atoms with Crippen LogP contribution in [0.4, 0.5) is 0 Å². The van der Waals surface area contributed by atoms with Crippen LogP contribution >= 0.6 is 11.3 Å². The van der Waals surface area contributed by atoms with Gasteiger partial charge in [-0.25, -0.2) is 4.98 Å². The summed E-state index contributed by atoms with van der Waals surface area (Å²) < 4.78 is 2.11. The molecule has 1 N–H and O–H groups in total. The quantitative estimate of drug-likeness (QED) is 0.892. The van der Waals surface area contributed by atoms with Gasteiger partial charge in [-0.3, -0.25) is 4.68 Å². The predicted molar refractivity (Wildman–Crippen MR) is 87.1 cm³/mol. The van der Waals surface area contributed by atoms with E-state index in [1.807, 2.05) is 0 Å². The lowest BCUT2D eigenvalue weighted by atomic mass is 10.1. The van der Waals surface area contributed by atoms with E-state index in [-0.39, 0.29) is 0 Å². The normalized spacial score (nSPS) is 14.9. The zero-order valence-corrected chi connectivity index (χ0v) is 14.2. The Balaban J connectivity index is 1.70. The molecule has 0 spiro atoms. The molecule has 0 bridgehead atoms. The van der Waals surface area contributed by atoms with Crippen LogP contribution in [0.2, 0.25) is 0 Å². The van der Waals surface area contributed by atoms with Crippen LogP contribution in [-0.4, -0.2) is 27.4 Å². The van der Waals surface area contributed by atoms with Crippen molar-refractivity contribution in [2.75, 3.05) is 6.54 Å². The van der Waals surface area contributed by atoms with E-state index < -0.39 is 0 Å². The second-order valence-corrected chi connectivity index (χ2v) is 7.32. The highest BCUT2D eigenvalue weighted by Gasteiger charge is 2.20. The lowest BCUT2D eigenvalue weighted by Crippen LogP contribution is -2.19. The van der Waals surface area contributed by atoms with E-state index in [1.165, 1.54) is 29.0 Å². The van der Waals surface area contributed by atoms with Gasteiger partial charge in [0.05, 0.1) is 17.9 Å². The number of thiazole rings is 1. The Morgan fingerprint density at radius 1 is 1.19 bits per heavy atom. The smallest absolute Gasteiger partial charge is 0.115 e. The summed E-state index contributed by atoms with van der Waals surface area (Å²) in [5, 5.41) is 9.45. The molecule has 1 aliphatic rings. The molecular weight excluding hydrogens is 280 g/mol. The number of nitrogens with one attached hydrogen (secondary N) is 1. The molecule has 2 heterocycles. The molecule has 1 fully saturated rings. The van der Waals surface area contributed by atoms with Crippen LogP contribution in [0.5, 0.6) is 0 Å². The highest BCUT2D eigenvalue weighted by molar-refractivity contribution is 7.11. The van der Waals surface area contributed by atoms with Crippen molar-refractivity contribution in [3.05, 3.63) is 32.5 Å². The second kappa shape index (κ2) is 5.89. The SMILES string of the molecule is Cc1nc(Cn2nc(C)c(CCNC3CC3)c2C)sc1C. The molecule has 114 valence electrons. The fraction of sp³-hybridized carbons (Fsp3) is 0.625. The van der Waals surface area contributed by atoms with Gasteiger partial charge in [0, 0.05) is 16.6 Å². The molecule has 3 rings (SSSR count).